The fourth-order valence-electron chi connectivity index (χ4n) is 3.39. The predicted molar refractivity (Wildman–Crippen MR) is 117 cm³/mol. The van der Waals surface area contributed by atoms with Gasteiger partial charge < -0.3 is 21.7 Å². The molecular weight excluding hydrogens is 376 g/mol. The van der Waals surface area contributed by atoms with E-state index in [1.807, 2.05) is 24.3 Å². The molecule has 0 atom stereocenters. The highest BCUT2D eigenvalue weighted by molar-refractivity contribution is 5.85. The van der Waals surface area contributed by atoms with Gasteiger partial charge in [-0.3, -0.25) is 4.79 Å². The van der Waals surface area contributed by atoms with Crippen LogP contribution in [0, 0.1) is 0 Å². The Balaban J connectivity index is 0.00000392. The SMILES string of the molecule is Cl.Nc1ccc(CCNC(=O)CCCCCNC(=O)NC2CCCCC2)cc1. The molecule has 0 saturated heterocycles. The predicted octanol–water partition coefficient (Wildman–Crippen LogP) is 3.54. The number of hydrogen-bond donors (Lipinski definition) is 4. The summed E-state index contributed by atoms with van der Waals surface area (Å²) in [5.41, 5.74) is 7.58. The summed E-state index contributed by atoms with van der Waals surface area (Å²) < 4.78 is 0. The van der Waals surface area contributed by atoms with E-state index in [4.69, 9.17) is 5.73 Å². The Morgan fingerprint density at radius 3 is 2.36 bits per heavy atom. The Kier molecular flexibility index (Phi) is 12.1. The second-order valence-electron chi connectivity index (χ2n) is 7.39. The van der Waals surface area contributed by atoms with Crippen LogP contribution < -0.4 is 21.7 Å². The normalized spacial score (nSPS) is 14.0. The monoisotopic (exact) mass is 410 g/mol. The average Bonchev–Trinajstić information content (AvgIpc) is 2.67. The number of benzene rings is 1. The highest BCUT2D eigenvalue weighted by Gasteiger charge is 2.14. The summed E-state index contributed by atoms with van der Waals surface area (Å²) in [5.74, 6) is 0.0912. The number of nitrogens with two attached hydrogens (primary N) is 1. The van der Waals surface area contributed by atoms with E-state index >= 15 is 0 Å². The molecule has 0 aliphatic heterocycles. The molecule has 0 bridgehead atoms. The largest absolute Gasteiger partial charge is 0.399 e. The first-order valence-electron chi connectivity index (χ1n) is 10.3. The number of carbonyl (C=O) groups excluding carboxylic acids is 2. The Hall–Kier alpha value is -1.95. The van der Waals surface area contributed by atoms with Crippen molar-refractivity contribution < 1.29 is 9.59 Å². The van der Waals surface area contributed by atoms with Crippen molar-refractivity contribution in [3.05, 3.63) is 29.8 Å². The topological polar surface area (TPSA) is 96.2 Å². The minimum Gasteiger partial charge on any atom is -0.399 e. The van der Waals surface area contributed by atoms with E-state index in [-0.39, 0.29) is 24.3 Å². The number of nitrogens with one attached hydrogen (secondary N) is 3. The third kappa shape index (κ3) is 10.4. The van der Waals surface area contributed by atoms with Gasteiger partial charge in [0.2, 0.25) is 5.91 Å². The van der Waals surface area contributed by atoms with Crippen molar-refractivity contribution in [3.8, 4) is 0 Å². The van der Waals surface area contributed by atoms with E-state index in [1.165, 1.54) is 24.8 Å². The molecule has 7 heteroatoms. The zero-order valence-corrected chi connectivity index (χ0v) is 17.5. The molecular formula is C21H35ClN4O2. The van der Waals surface area contributed by atoms with Gasteiger partial charge in [0, 0.05) is 31.2 Å². The van der Waals surface area contributed by atoms with Crippen LogP contribution in [0.2, 0.25) is 0 Å². The van der Waals surface area contributed by atoms with Gasteiger partial charge in [0.15, 0.2) is 0 Å². The molecule has 1 aromatic rings. The van der Waals surface area contributed by atoms with Crippen LogP contribution in [0.1, 0.15) is 63.4 Å². The lowest BCUT2D eigenvalue weighted by molar-refractivity contribution is -0.121. The maximum Gasteiger partial charge on any atom is 0.315 e. The number of halogens is 1. The number of amides is 3. The fraction of sp³-hybridized carbons (Fsp3) is 0.619. The minimum atomic E-state index is -0.0534. The maximum absolute atomic E-state index is 11.8. The number of urea groups is 1. The van der Waals surface area contributed by atoms with Gasteiger partial charge in [0.25, 0.3) is 0 Å². The van der Waals surface area contributed by atoms with E-state index in [2.05, 4.69) is 16.0 Å². The standard InChI is InChI=1S/C21H34N4O2.ClH/c22-18-12-10-17(11-13-18)14-16-23-20(26)9-5-2-6-15-24-21(27)25-19-7-3-1-4-8-19;/h10-13,19H,1-9,14-16,22H2,(H,23,26)(H2,24,25,27);1H. The van der Waals surface area contributed by atoms with E-state index < -0.39 is 0 Å². The van der Waals surface area contributed by atoms with E-state index in [9.17, 15) is 9.59 Å². The van der Waals surface area contributed by atoms with Crippen molar-refractivity contribution in [2.24, 2.45) is 0 Å². The summed E-state index contributed by atoms with van der Waals surface area (Å²) in [5, 5.41) is 8.91. The zero-order chi connectivity index (χ0) is 19.3. The molecule has 0 aromatic heterocycles. The number of rotatable bonds is 10. The second kappa shape index (κ2) is 14.1. The fourth-order valence-corrected chi connectivity index (χ4v) is 3.39. The second-order valence-corrected chi connectivity index (χ2v) is 7.39. The Labute approximate surface area is 174 Å². The number of nitrogen functional groups attached to an aromatic ring is 1. The highest BCUT2D eigenvalue weighted by atomic mass is 35.5. The van der Waals surface area contributed by atoms with Crippen LogP contribution >= 0.6 is 12.4 Å². The first-order chi connectivity index (χ1) is 13.1. The van der Waals surface area contributed by atoms with Gasteiger partial charge in [0.05, 0.1) is 0 Å². The molecule has 1 saturated carbocycles. The molecule has 2 rings (SSSR count). The Morgan fingerprint density at radius 1 is 0.929 bits per heavy atom. The number of anilines is 1. The van der Waals surface area contributed by atoms with Crippen molar-refractivity contribution in [2.75, 3.05) is 18.8 Å². The minimum absolute atomic E-state index is 0. The Bertz CT molecular complexity index is 574. The Morgan fingerprint density at radius 2 is 1.64 bits per heavy atom. The quantitative estimate of drug-likeness (QED) is 0.351. The van der Waals surface area contributed by atoms with Crippen LogP contribution in [-0.2, 0) is 11.2 Å². The van der Waals surface area contributed by atoms with Gasteiger partial charge in [-0.15, -0.1) is 12.4 Å². The summed E-state index contributed by atoms with van der Waals surface area (Å²) in [6.07, 6.45) is 9.95. The molecule has 0 unspecified atom stereocenters. The van der Waals surface area contributed by atoms with Gasteiger partial charge >= 0.3 is 6.03 Å². The maximum atomic E-state index is 11.8. The zero-order valence-electron chi connectivity index (χ0n) is 16.7. The van der Waals surface area contributed by atoms with Crippen molar-refractivity contribution in [1.82, 2.24) is 16.0 Å². The lowest BCUT2D eigenvalue weighted by Gasteiger charge is -2.22. The molecule has 0 spiro atoms. The van der Waals surface area contributed by atoms with Gasteiger partial charge in [-0.2, -0.15) is 0 Å². The van der Waals surface area contributed by atoms with Crippen LogP contribution in [0.15, 0.2) is 24.3 Å². The molecule has 1 aromatic carbocycles. The van der Waals surface area contributed by atoms with Gasteiger partial charge in [0.1, 0.15) is 0 Å². The summed E-state index contributed by atoms with van der Waals surface area (Å²) in [6, 6.07) is 8.01. The molecule has 6 nitrogen and oxygen atoms in total. The first kappa shape index (κ1) is 24.1. The molecule has 158 valence electrons. The van der Waals surface area contributed by atoms with Crippen molar-refractivity contribution in [3.63, 3.8) is 0 Å². The van der Waals surface area contributed by atoms with Crippen LogP contribution in [0.5, 0.6) is 0 Å². The lowest BCUT2D eigenvalue weighted by atomic mass is 9.96. The van der Waals surface area contributed by atoms with Crippen molar-refractivity contribution >= 4 is 30.0 Å². The average molecular weight is 411 g/mol. The number of hydrogen-bond acceptors (Lipinski definition) is 3. The molecule has 1 aliphatic carbocycles. The molecule has 3 amide bonds. The number of unbranched alkanes of at least 4 members (excludes halogenated alkanes) is 2. The molecule has 0 radical (unpaired) electrons. The molecule has 1 fully saturated rings. The van der Waals surface area contributed by atoms with E-state index in [1.54, 1.807) is 0 Å². The van der Waals surface area contributed by atoms with Gasteiger partial charge in [-0.25, -0.2) is 4.79 Å². The van der Waals surface area contributed by atoms with Crippen LogP contribution in [0.3, 0.4) is 0 Å². The van der Waals surface area contributed by atoms with Gasteiger partial charge in [-0.1, -0.05) is 37.8 Å². The smallest absolute Gasteiger partial charge is 0.315 e. The molecule has 1 aliphatic rings. The molecule has 0 heterocycles. The van der Waals surface area contributed by atoms with Crippen molar-refractivity contribution in [2.45, 2.75) is 70.3 Å². The van der Waals surface area contributed by atoms with E-state index in [0.717, 1.165) is 44.2 Å². The van der Waals surface area contributed by atoms with Crippen LogP contribution in [0.4, 0.5) is 10.5 Å². The van der Waals surface area contributed by atoms with Crippen LogP contribution in [0.25, 0.3) is 0 Å². The van der Waals surface area contributed by atoms with Crippen LogP contribution in [-0.4, -0.2) is 31.1 Å². The number of carbonyl (C=O) groups is 2. The van der Waals surface area contributed by atoms with Crippen molar-refractivity contribution in [1.29, 1.82) is 0 Å². The van der Waals surface area contributed by atoms with Gasteiger partial charge in [-0.05, 0) is 49.8 Å². The molecule has 28 heavy (non-hydrogen) atoms. The third-order valence-corrected chi connectivity index (χ3v) is 5.02. The summed E-state index contributed by atoms with van der Waals surface area (Å²) >= 11 is 0. The summed E-state index contributed by atoms with van der Waals surface area (Å²) in [4.78, 5) is 23.7. The first-order valence-corrected chi connectivity index (χ1v) is 10.3. The van der Waals surface area contributed by atoms with E-state index in [0.29, 0.717) is 25.6 Å². The summed E-state index contributed by atoms with van der Waals surface area (Å²) in [6.45, 7) is 1.31. The summed E-state index contributed by atoms with van der Waals surface area (Å²) in [7, 11) is 0. The lowest BCUT2D eigenvalue weighted by Crippen LogP contribution is -2.43. The molecule has 5 N–H and O–H groups in total. The third-order valence-electron chi connectivity index (χ3n) is 5.02. The highest BCUT2D eigenvalue weighted by Crippen LogP contribution is 2.17.